The maximum atomic E-state index is 9.64. The second-order valence-electron chi connectivity index (χ2n) is 5.09. The standard InChI is InChI=1S/C14H23NO2/c1-14(2,16)12-15(3)9-10-17-11-13-7-5-4-6-8-13/h4-8,16H,9-12H2,1-3H3. The highest BCUT2D eigenvalue weighted by molar-refractivity contribution is 5.13. The predicted octanol–water partition coefficient (Wildman–Crippen LogP) is 1.91. The summed E-state index contributed by atoms with van der Waals surface area (Å²) in [5, 5.41) is 9.64. The number of rotatable bonds is 7. The van der Waals surface area contributed by atoms with Crippen LogP contribution in [-0.2, 0) is 11.3 Å². The van der Waals surface area contributed by atoms with Gasteiger partial charge in [0.25, 0.3) is 0 Å². The van der Waals surface area contributed by atoms with Crippen molar-refractivity contribution in [3.63, 3.8) is 0 Å². The van der Waals surface area contributed by atoms with Crippen LogP contribution in [0.2, 0.25) is 0 Å². The van der Waals surface area contributed by atoms with E-state index < -0.39 is 5.60 Å². The molecule has 0 fully saturated rings. The fraction of sp³-hybridized carbons (Fsp3) is 0.571. The van der Waals surface area contributed by atoms with Crippen molar-refractivity contribution in [1.29, 1.82) is 0 Å². The van der Waals surface area contributed by atoms with Gasteiger partial charge in [-0.15, -0.1) is 0 Å². The van der Waals surface area contributed by atoms with Crippen molar-refractivity contribution >= 4 is 0 Å². The van der Waals surface area contributed by atoms with Crippen molar-refractivity contribution in [2.24, 2.45) is 0 Å². The normalized spacial score (nSPS) is 12.1. The monoisotopic (exact) mass is 237 g/mol. The van der Waals surface area contributed by atoms with E-state index in [-0.39, 0.29) is 0 Å². The first-order chi connectivity index (χ1) is 7.97. The largest absolute Gasteiger partial charge is 0.389 e. The molecule has 3 heteroatoms. The van der Waals surface area contributed by atoms with Crippen molar-refractivity contribution in [2.75, 3.05) is 26.7 Å². The summed E-state index contributed by atoms with van der Waals surface area (Å²) in [5.74, 6) is 0. The van der Waals surface area contributed by atoms with Gasteiger partial charge in [0.2, 0.25) is 0 Å². The molecule has 0 heterocycles. The summed E-state index contributed by atoms with van der Waals surface area (Å²) in [7, 11) is 1.99. The number of benzene rings is 1. The fourth-order valence-electron chi connectivity index (χ4n) is 1.72. The van der Waals surface area contributed by atoms with Gasteiger partial charge < -0.3 is 14.7 Å². The molecule has 0 aromatic heterocycles. The van der Waals surface area contributed by atoms with E-state index in [2.05, 4.69) is 17.0 Å². The number of hydrogen-bond acceptors (Lipinski definition) is 3. The number of hydrogen-bond donors (Lipinski definition) is 1. The molecule has 0 radical (unpaired) electrons. The third kappa shape index (κ3) is 7.10. The van der Waals surface area contributed by atoms with Crippen LogP contribution in [0, 0.1) is 0 Å². The molecule has 0 aliphatic carbocycles. The van der Waals surface area contributed by atoms with Crippen LogP contribution >= 0.6 is 0 Å². The third-order valence-corrected chi connectivity index (χ3v) is 2.39. The Morgan fingerprint density at radius 1 is 1.24 bits per heavy atom. The van der Waals surface area contributed by atoms with Gasteiger partial charge in [0, 0.05) is 13.1 Å². The lowest BCUT2D eigenvalue weighted by Crippen LogP contribution is -2.37. The van der Waals surface area contributed by atoms with Crippen LogP contribution in [0.25, 0.3) is 0 Å². The number of nitrogens with zero attached hydrogens (tertiary/aromatic N) is 1. The minimum absolute atomic E-state index is 0.645. The molecule has 1 aromatic carbocycles. The predicted molar refractivity (Wildman–Crippen MR) is 69.9 cm³/mol. The second-order valence-corrected chi connectivity index (χ2v) is 5.09. The second kappa shape index (κ2) is 6.74. The molecule has 0 bridgehead atoms. The number of ether oxygens (including phenoxy) is 1. The van der Waals surface area contributed by atoms with Crippen molar-refractivity contribution in [2.45, 2.75) is 26.1 Å². The summed E-state index contributed by atoms with van der Waals surface area (Å²) in [6.45, 7) is 6.44. The first-order valence-electron chi connectivity index (χ1n) is 6.00. The van der Waals surface area contributed by atoms with E-state index in [1.165, 1.54) is 5.56 Å². The van der Waals surface area contributed by atoms with E-state index in [1.54, 1.807) is 0 Å². The zero-order valence-electron chi connectivity index (χ0n) is 11.0. The van der Waals surface area contributed by atoms with Crippen LogP contribution in [-0.4, -0.2) is 42.4 Å². The molecule has 96 valence electrons. The van der Waals surface area contributed by atoms with Crippen LogP contribution in [0.1, 0.15) is 19.4 Å². The van der Waals surface area contributed by atoms with Gasteiger partial charge in [-0.2, -0.15) is 0 Å². The highest BCUT2D eigenvalue weighted by Crippen LogP contribution is 2.03. The van der Waals surface area contributed by atoms with E-state index in [0.717, 1.165) is 6.54 Å². The summed E-state index contributed by atoms with van der Waals surface area (Å²) in [5.41, 5.74) is 0.548. The molecule has 17 heavy (non-hydrogen) atoms. The molecule has 0 amide bonds. The van der Waals surface area contributed by atoms with Crippen LogP contribution in [0.15, 0.2) is 30.3 Å². The van der Waals surface area contributed by atoms with Gasteiger partial charge >= 0.3 is 0 Å². The Balaban J connectivity index is 2.12. The quantitative estimate of drug-likeness (QED) is 0.735. The SMILES string of the molecule is CN(CCOCc1ccccc1)CC(C)(C)O. The minimum atomic E-state index is -0.645. The molecule has 0 saturated carbocycles. The number of aliphatic hydroxyl groups is 1. The Labute approximate surface area is 104 Å². The lowest BCUT2D eigenvalue weighted by atomic mass is 10.1. The molecular formula is C14H23NO2. The van der Waals surface area contributed by atoms with Crippen molar-refractivity contribution in [3.05, 3.63) is 35.9 Å². The van der Waals surface area contributed by atoms with Crippen LogP contribution in [0.5, 0.6) is 0 Å². The van der Waals surface area contributed by atoms with E-state index >= 15 is 0 Å². The topological polar surface area (TPSA) is 32.7 Å². The van der Waals surface area contributed by atoms with E-state index in [1.807, 2.05) is 39.1 Å². The molecule has 1 rings (SSSR count). The van der Waals surface area contributed by atoms with Crippen molar-refractivity contribution in [3.8, 4) is 0 Å². The fourth-order valence-corrected chi connectivity index (χ4v) is 1.72. The lowest BCUT2D eigenvalue weighted by Gasteiger charge is -2.25. The molecule has 0 spiro atoms. The van der Waals surface area contributed by atoms with Crippen LogP contribution < -0.4 is 0 Å². The van der Waals surface area contributed by atoms with Gasteiger partial charge in [-0.25, -0.2) is 0 Å². The first-order valence-corrected chi connectivity index (χ1v) is 6.00. The number of likely N-dealkylation sites (N-methyl/N-ethyl adjacent to an activating group) is 1. The summed E-state index contributed by atoms with van der Waals surface area (Å²) >= 11 is 0. The molecule has 1 N–H and O–H groups in total. The zero-order chi connectivity index (χ0) is 12.7. The van der Waals surface area contributed by atoms with Crippen LogP contribution in [0.4, 0.5) is 0 Å². The Morgan fingerprint density at radius 3 is 2.47 bits per heavy atom. The van der Waals surface area contributed by atoms with Crippen LogP contribution in [0.3, 0.4) is 0 Å². The molecule has 0 aliphatic heterocycles. The Kier molecular flexibility index (Phi) is 5.62. The van der Waals surface area contributed by atoms with Gasteiger partial charge in [-0.1, -0.05) is 30.3 Å². The third-order valence-electron chi connectivity index (χ3n) is 2.39. The zero-order valence-corrected chi connectivity index (χ0v) is 11.0. The van der Waals surface area contributed by atoms with Gasteiger partial charge in [-0.05, 0) is 26.5 Å². The molecule has 0 unspecified atom stereocenters. The molecular weight excluding hydrogens is 214 g/mol. The van der Waals surface area contributed by atoms with Gasteiger partial charge in [-0.3, -0.25) is 0 Å². The van der Waals surface area contributed by atoms with E-state index in [9.17, 15) is 5.11 Å². The summed E-state index contributed by atoms with van der Waals surface area (Å²) in [4.78, 5) is 2.07. The van der Waals surface area contributed by atoms with Gasteiger partial charge in [0.05, 0.1) is 18.8 Å². The average molecular weight is 237 g/mol. The first kappa shape index (κ1) is 14.2. The van der Waals surface area contributed by atoms with Gasteiger partial charge in [0.1, 0.15) is 0 Å². The summed E-state index contributed by atoms with van der Waals surface area (Å²) in [6, 6.07) is 10.1. The molecule has 1 aromatic rings. The highest BCUT2D eigenvalue weighted by atomic mass is 16.5. The van der Waals surface area contributed by atoms with Crippen molar-refractivity contribution < 1.29 is 9.84 Å². The van der Waals surface area contributed by atoms with E-state index in [0.29, 0.717) is 19.8 Å². The summed E-state index contributed by atoms with van der Waals surface area (Å²) < 4.78 is 5.58. The smallest absolute Gasteiger partial charge is 0.0718 e. The Hall–Kier alpha value is -0.900. The molecule has 0 atom stereocenters. The Morgan fingerprint density at radius 2 is 1.88 bits per heavy atom. The maximum absolute atomic E-state index is 9.64. The lowest BCUT2D eigenvalue weighted by molar-refractivity contribution is 0.0304. The maximum Gasteiger partial charge on any atom is 0.0718 e. The Bertz CT molecular complexity index is 306. The minimum Gasteiger partial charge on any atom is -0.389 e. The molecule has 3 nitrogen and oxygen atoms in total. The average Bonchev–Trinajstić information content (AvgIpc) is 2.23. The van der Waals surface area contributed by atoms with Crippen molar-refractivity contribution in [1.82, 2.24) is 4.90 Å². The highest BCUT2D eigenvalue weighted by Gasteiger charge is 2.14. The summed E-state index contributed by atoms with van der Waals surface area (Å²) in [6.07, 6.45) is 0. The molecule has 0 aliphatic rings. The molecule has 0 saturated heterocycles. The van der Waals surface area contributed by atoms with Gasteiger partial charge in [0.15, 0.2) is 0 Å². The van der Waals surface area contributed by atoms with E-state index in [4.69, 9.17) is 4.74 Å².